The molecule has 3 heteroatoms. The molecule has 2 rings (SSSR count). The molecule has 1 aromatic heterocycles. The lowest BCUT2D eigenvalue weighted by Gasteiger charge is -2.28. The van der Waals surface area contributed by atoms with Gasteiger partial charge in [0, 0.05) is 17.9 Å². The highest BCUT2D eigenvalue weighted by Gasteiger charge is 2.27. The van der Waals surface area contributed by atoms with Crippen LogP contribution in [0.5, 0.6) is 0 Å². The van der Waals surface area contributed by atoms with Crippen LogP contribution in [0.4, 0.5) is 0 Å². The molecule has 88 valence electrons. The van der Waals surface area contributed by atoms with E-state index in [4.69, 9.17) is 0 Å². The van der Waals surface area contributed by atoms with E-state index in [0.29, 0.717) is 5.92 Å². The van der Waals surface area contributed by atoms with Gasteiger partial charge in [-0.25, -0.2) is 0 Å². The summed E-state index contributed by atoms with van der Waals surface area (Å²) in [5.74, 6) is 0.535. The highest BCUT2D eigenvalue weighted by atomic mass is 32.1. The smallest absolute Gasteiger partial charge is 0.223 e. The Kier molecular flexibility index (Phi) is 3.33. The van der Waals surface area contributed by atoms with Crippen molar-refractivity contribution in [1.82, 2.24) is 5.32 Å². The quantitative estimate of drug-likeness (QED) is 0.857. The highest BCUT2D eigenvalue weighted by molar-refractivity contribution is 7.08. The average molecular weight is 237 g/mol. The Morgan fingerprint density at radius 2 is 2.31 bits per heavy atom. The van der Waals surface area contributed by atoms with Crippen molar-refractivity contribution in [3.63, 3.8) is 0 Å². The van der Waals surface area contributed by atoms with Crippen LogP contribution in [0.1, 0.15) is 38.7 Å². The Morgan fingerprint density at radius 1 is 1.56 bits per heavy atom. The zero-order valence-corrected chi connectivity index (χ0v) is 10.8. The molecule has 0 aromatic carbocycles. The van der Waals surface area contributed by atoms with Crippen molar-refractivity contribution in [2.75, 3.05) is 6.54 Å². The highest BCUT2D eigenvalue weighted by Crippen LogP contribution is 2.28. The molecule has 1 aliphatic rings. The summed E-state index contributed by atoms with van der Waals surface area (Å²) < 4.78 is 0. The van der Waals surface area contributed by atoms with Gasteiger partial charge in [-0.2, -0.15) is 11.3 Å². The summed E-state index contributed by atoms with van der Waals surface area (Å²) in [4.78, 5) is 11.7. The zero-order chi connectivity index (χ0) is 11.6. The van der Waals surface area contributed by atoms with Crippen molar-refractivity contribution >= 4 is 17.2 Å². The number of rotatable bonds is 4. The van der Waals surface area contributed by atoms with Crippen LogP contribution >= 0.6 is 11.3 Å². The third-order valence-electron chi connectivity index (χ3n) is 3.48. The Hall–Kier alpha value is -0.830. The number of nitrogens with one attached hydrogen (secondary N) is 1. The van der Waals surface area contributed by atoms with Gasteiger partial charge in [-0.15, -0.1) is 0 Å². The number of hydrogen-bond acceptors (Lipinski definition) is 2. The monoisotopic (exact) mass is 237 g/mol. The van der Waals surface area contributed by atoms with Crippen LogP contribution in [0.3, 0.4) is 0 Å². The summed E-state index contributed by atoms with van der Waals surface area (Å²) in [6, 6.07) is 2.14. The Labute approximate surface area is 101 Å². The van der Waals surface area contributed by atoms with Gasteiger partial charge in [-0.05, 0) is 35.2 Å². The van der Waals surface area contributed by atoms with Crippen LogP contribution in [0, 0.1) is 5.92 Å². The van der Waals surface area contributed by atoms with Crippen LogP contribution in [0.25, 0.3) is 0 Å². The molecule has 0 bridgehead atoms. The molecule has 0 spiro atoms. The molecule has 16 heavy (non-hydrogen) atoms. The predicted octanol–water partition coefficient (Wildman–Crippen LogP) is 2.94. The normalized spacial score (nSPS) is 16.9. The van der Waals surface area contributed by atoms with Crippen molar-refractivity contribution in [1.29, 1.82) is 0 Å². The topological polar surface area (TPSA) is 29.1 Å². The number of thiophene rings is 1. The number of carbonyl (C=O) groups excluding carboxylic acids is 1. The fourth-order valence-electron chi connectivity index (χ4n) is 1.87. The van der Waals surface area contributed by atoms with Crippen molar-refractivity contribution in [3.05, 3.63) is 22.4 Å². The SMILES string of the molecule is CC(C)(CNC(=O)C1CCC1)c1ccsc1. The van der Waals surface area contributed by atoms with Crippen LogP contribution < -0.4 is 5.32 Å². The second-order valence-electron chi connectivity index (χ2n) is 5.24. The molecule has 1 amide bonds. The molecule has 0 unspecified atom stereocenters. The van der Waals surface area contributed by atoms with E-state index in [1.165, 1.54) is 12.0 Å². The van der Waals surface area contributed by atoms with E-state index >= 15 is 0 Å². The molecule has 1 aromatic rings. The molecule has 1 fully saturated rings. The van der Waals surface area contributed by atoms with Gasteiger partial charge >= 0.3 is 0 Å². The van der Waals surface area contributed by atoms with Crippen LogP contribution in [-0.4, -0.2) is 12.5 Å². The van der Waals surface area contributed by atoms with Crippen molar-refractivity contribution in [3.8, 4) is 0 Å². The molecule has 0 aliphatic heterocycles. The standard InChI is InChI=1S/C13H19NOS/c1-13(2,11-6-7-16-8-11)9-14-12(15)10-4-3-5-10/h6-8,10H,3-5,9H2,1-2H3,(H,14,15). The molecule has 1 heterocycles. The first-order valence-electron chi connectivity index (χ1n) is 5.90. The fraction of sp³-hybridized carbons (Fsp3) is 0.615. The molecular formula is C13H19NOS. The Bertz CT molecular complexity index is 352. The summed E-state index contributed by atoms with van der Waals surface area (Å²) in [6.45, 7) is 5.09. The van der Waals surface area contributed by atoms with Gasteiger partial charge in [0.1, 0.15) is 0 Å². The average Bonchev–Trinajstić information content (AvgIpc) is 2.65. The van der Waals surface area contributed by atoms with E-state index in [0.717, 1.165) is 19.4 Å². The first kappa shape index (κ1) is 11.6. The molecule has 1 aliphatic carbocycles. The van der Waals surface area contributed by atoms with Gasteiger partial charge in [-0.3, -0.25) is 4.79 Å². The third-order valence-corrected chi connectivity index (χ3v) is 4.17. The molecule has 2 nitrogen and oxygen atoms in total. The summed E-state index contributed by atoms with van der Waals surface area (Å²) in [5.41, 5.74) is 1.35. The third kappa shape index (κ3) is 2.46. The minimum Gasteiger partial charge on any atom is -0.355 e. The van der Waals surface area contributed by atoms with E-state index < -0.39 is 0 Å². The zero-order valence-electron chi connectivity index (χ0n) is 9.95. The van der Waals surface area contributed by atoms with Crippen LogP contribution in [0.15, 0.2) is 16.8 Å². The van der Waals surface area contributed by atoms with Crippen molar-refractivity contribution < 1.29 is 4.79 Å². The number of carbonyl (C=O) groups is 1. The fourth-order valence-corrected chi connectivity index (χ4v) is 2.72. The Balaban J connectivity index is 1.86. The second kappa shape index (κ2) is 4.58. The van der Waals surface area contributed by atoms with E-state index in [1.54, 1.807) is 11.3 Å². The minimum absolute atomic E-state index is 0.0411. The Morgan fingerprint density at radius 3 is 2.81 bits per heavy atom. The lowest BCUT2D eigenvalue weighted by atomic mass is 9.83. The van der Waals surface area contributed by atoms with Crippen molar-refractivity contribution in [2.24, 2.45) is 5.92 Å². The first-order valence-corrected chi connectivity index (χ1v) is 6.84. The minimum atomic E-state index is 0.0411. The number of amides is 1. The molecule has 0 radical (unpaired) electrons. The van der Waals surface area contributed by atoms with Gasteiger partial charge in [0.15, 0.2) is 0 Å². The van der Waals surface area contributed by atoms with Gasteiger partial charge in [0.05, 0.1) is 0 Å². The van der Waals surface area contributed by atoms with Gasteiger partial charge in [0.25, 0.3) is 0 Å². The van der Waals surface area contributed by atoms with E-state index in [1.807, 2.05) is 0 Å². The summed E-state index contributed by atoms with van der Waals surface area (Å²) in [7, 11) is 0. The number of hydrogen-bond donors (Lipinski definition) is 1. The van der Waals surface area contributed by atoms with Crippen LogP contribution in [0.2, 0.25) is 0 Å². The van der Waals surface area contributed by atoms with Gasteiger partial charge in [0.2, 0.25) is 5.91 Å². The van der Waals surface area contributed by atoms with Gasteiger partial charge in [-0.1, -0.05) is 20.3 Å². The first-order chi connectivity index (χ1) is 7.59. The van der Waals surface area contributed by atoms with E-state index in [-0.39, 0.29) is 11.3 Å². The summed E-state index contributed by atoms with van der Waals surface area (Å²) in [6.07, 6.45) is 3.36. The lowest BCUT2D eigenvalue weighted by molar-refractivity contribution is -0.127. The van der Waals surface area contributed by atoms with Crippen molar-refractivity contribution in [2.45, 2.75) is 38.5 Å². The molecule has 1 saturated carbocycles. The predicted molar refractivity (Wildman–Crippen MR) is 67.7 cm³/mol. The molecule has 0 saturated heterocycles. The second-order valence-corrected chi connectivity index (χ2v) is 6.02. The van der Waals surface area contributed by atoms with Crippen LogP contribution in [-0.2, 0) is 10.2 Å². The van der Waals surface area contributed by atoms with Gasteiger partial charge < -0.3 is 5.32 Å². The summed E-state index contributed by atoms with van der Waals surface area (Å²) in [5, 5.41) is 7.33. The molecule has 1 N–H and O–H groups in total. The maximum absolute atomic E-state index is 11.7. The largest absolute Gasteiger partial charge is 0.355 e. The maximum atomic E-state index is 11.7. The maximum Gasteiger partial charge on any atom is 0.223 e. The lowest BCUT2D eigenvalue weighted by Crippen LogP contribution is -2.41. The van der Waals surface area contributed by atoms with E-state index in [9.17, 15) is 4.79 Å². The van der Waals surface area contributed by atoms with E-state index in [2.05, 4.69) is 36.0 Å². The molecule has 0 atom stereocenters. The summed E-state index contributed by atoms with van der Waals surface area (Å²) >= 11 is 1.71. The molecular weight excluding hydrogens is 218 g/mol.